The van der Waals surface area contributed by atoms with Gasteiger partial charge in [-0.3, -0.25) is 0 Å². The first-order valence-corrected chi connectivity index (χ1v) is 8.84. The number of nitrogens with two attached hydrogens (primary N) is 1. The SMILES string of the molecule is CCn1c(-c2nonc2N)nc2cnc(Sc3cccc(C(=O)O)c3)cc21. The molecule has 0 saturated carbocycles. The van der Waals surface area contributed by atoms with Gasteiger partial charge in [0.1, 0.15) is 10.5 Å². The number of aromatic nitrogens is 5. The van der Waals surface area contributed by atoms with Crippen LogP contribution in [0.3, 0.4) is 0 Å². The summed E-state index contributed by atoms with van der Waals surface area (Å²) in [4.78, 5) is 20.9. The Labute approximate surface area is 157 Å². The van der Waals surface area contributed by atoms with Gasteiger partial charge in [-0.05, 0) is 41.5 Å². The van der Waals surface area contributed by atoms with Crippen molar-refractivity contribution in [2.75, 3.05) is 5.73 Å². The summed E-state index contributed by atoms with van der Waals surface area (Å²) in [6.45, 7) is 2.62. The molecular weight excluding hydrogens is 368 g/mol. The molecule has 136 valence electrons. The van der Waals surface area contributed by atoms with E-state index in [1.54, 1.807) is 24.4 Å². The molecule has 4 rings (SSSR count). The van der Waals surface area contributed by atoms with Crippen LogP contribution in [0.2, 0.25) is 0 Å². The second-order valence-corrected chi connectivity index (χ2v) is 6.72. The zero-order valence-corrected chi connectivity index (χ0v) is 15.0. The fourth-order valence-corrected chi connectivity index (χ4v) is 3.58. The smallest absolute Gasteiger partial charge is 0.335 e. The zero-order chi connectivity index (χ0) is 19.0. The highest BCUT2D eigenvalue weighted by Crippen LogP contribution is 2.31. The molecule has 3 heterocycles. The number of benzene rings is 1. The van der Waals surface area contributed by atoms with Crippen LogP contribution in [-0.4, -0.2) is 35.9 Å². The molecule has 0 unspecified atom stereocenters. The minimum atomic E-state index is -0.964. The van der Waals surface area contributed by atoms with Gasteiger partial charge in [0.25, 0.3) is 0 Å². The van der Waals surface area contributed by atoms with Crippen molar-refractivity contribution in [3.63, 3.8) is 0 Å². The van der Waals surface area contributed by atoms with Crippen molar-refractivity contribution in [1.29, 1.82) is 0 Å². The van der Waals surface area contributed by atoms with Crippen LogP contribution in [0.4, 0.5) is 5.82 Å². The number of carboxylic acids is 1. The summed E-state index contributed by atoms with van der Waals surface area (Å²) < 4.78 is 6.63. The van der Waals surface area contributed by atoms with E-state index >= 15 is 0 Å². The van der Waals surface area contributed by atoms with E-state index in [0.717, 1.165) is 15.4 Å². The van der Waals surface area contributed by atoms with Crippen molar-refractivity contribution >= 4 is 34.6 Å². The summed E-state index contributed by atoms with van der Waals surface area (Å²) in [6.07, 6.45) is 1.66. The number of pyridine rings is 1. The predicted octanol–water partition coefficient (Wildman–Crippen LogP) is 2.93. The van der Waals surface area contributed by atoms with E-state index in [-0.39, 0.29) is 11.4 Å². The number of nitrogens with zero attached hydrogens (tertiary/aromatic N) is 5. The molecule has 0 spiro atoms. The largest absolute Gasteiger partial charge is 0.478 e. The molecule has 3 aromatic heterocycles. The third-order valence-electron chi connectivity index (χ3n) is 3.95. The number of imidazole rings is 1. The second kappa shape index (κ2) is 6.72. The van der Waals surface area contributed by atoms with Gasteiger partial charge in [-0.1, -0.05) is 17.8 Å². The van der Waals surface area contributed by atoms with Gasteiger partial charge in [-0.2, -0.15) is 0 Å². The molecule has 9 nitrogen and oxygen atoms in total. The van der Waals surface area contributed by atoms with E-state index in [9.17, 15) is 4.79 Å². The Kier molecular flexibility index (Phi) is 4.24. The van der Waals surface area contributed by atoms with Crippen LogP contribution in [0.25, 0.3) is 22.6 Å². The number of aromatic carboxylic acids is 1. The first kappa shape index (κ1) is 17.0. The van der Waals surface area contributed by atoms with Crippen LogP contribution in [0.15, 0.2) is 51.1 Å². The Hall–Kier alpha value is -3.40. The molecule has 0 fully saturated rings. The summed E-state index contributed by atoms with van der Waals surface area (Å²) in [7, 11) is 0. The number of hydrogen-bond donors (Lipinski definition) is 2. The van der Waals surface area contributed by atoms with Crippen molar-refractivity contribution in [3.05, 3.63) is 42.1 Å². The fraction of sp³-hybridized carbons (Fsp3) is 0.118. The summed E-state index contributed by atoms with van der Waals surface area (Å²) in [5, 5.41) is 17.3. The lowest BCUT2D eigenvalue weighted by atomic mass is 10.2. The van der Waals surface area contributed by atoms with E-state index in [2.05, 4.69) is 24.9 Å². The molecule has 4 aromatic rings. The highest BCUT2D eigenvalue weighted by atomic mass is 32.2. The number of nitrogen functional groups attached to an aromatic ring is 1. The average molecular weight is 382 g/mol. The van der Waals surface area contributed by atoms with E-state index in [1.165, 1.54) is 11.8 Å². The lowest BCUT2D eigenvalue weighted by molar-refractivity contribution is 0.0696. The first-order chi connectivity index (χ1) is 13.1. The van der Waals surface area contributed by atoms with Crippen LogP contribution in [0.5, 0.6) is 0 Å². The standard InChI is InChI=1S/C17H14N6O3S/c1-2-23-12-7-13(27-10-5-3-4-9(6-10)17(24)25)19-8-11(12)20-16(23)14-15(18)22-26-21-14/h3-8H,2H2,1H3,(H2,18,22)(H,24,25). The molecule has 10 heteroatoms. The van der Waals surface area contributed by atoms with Gasteiger partial charge in [0, 0.05) is 11.4 Å². The van der Waals surface area contributed by atoms with Crippen molar-refractivity contribution in [1.82, 2.24) is 24.8 Å². The number of hydrogen-bond acceptors (Lipinski definition) is 8. The van der Waals surface area contributed by atoms with E-state index in [0.29, 0.717) is 23.6 Å². The van der Waals surface area contributed by atoms with Gasteiger partial charge in [-0.15, -0.1) is 0 Å². The highest BCUT2D eigenvalue weighted by molar-refractivity contribution is 7.99. The summed E-state index contributed by atoms with van der Waals surface area (Å²) in [5.41, 5.74) is 7.97. The molecule has 0 atom stereocenters. The Balaban J connectivity index is 1.75. The Bertz CT molecular complexity index is 1150. The number of carbonyl (C=O) groups is 1. The molecular formula is C17H14N6O3S. The van der Waals surface area contributed by atoms with Crippen LogP contribution in [0.1, 0.15) is 17.3 Å². The van der Waals surface area contributed by atoms with Crippen molar-refractivity contribution in [2.24, 2.45) is 0 Å². The van der Waals surface area contributed by atoms with Gasteiger partial charge in [0.2, 0.25) is 0 Å². The fourth-order valence-electron chi connectivity index (χ4n) is 2.73. The van der Waals surface area contributed by atoms with Crippen LogP contribution >= 0.6 is 11.8 Å². The van der Waals surface area contributed by atoms with Gasteiger partial charge in [-0.25, -0.2) is 19.4 Å². The predicted molar refractivity (Wildman–Crippen MR) is 98.4 cm³/mol. The van der Waals surface area contributed by atoms with Crippen LogP contribution in [-0.2, 0) is 6.54 Å². The molecule has 0 aliphatic carbocycles. The number of fused-ring (bicyclic) bond motifs is 1. The van der Waals surface area contributed by atoms with E-state index in [4.69, 9.17) is 10.8 Å². The molecule has 27 heavy (non-hydrogen) atoms. The second-order valence-electron chi connectivity index (χ2n) is 5.62. The maximum Gasteiger partial charge on any atom is 0.335 e. The van der Waals surface area contributed by atoms with Gasteiger partial charge >= 0.3 is 5.97 Å². The molecule has 0 radical (unpaired) electrons. The third-order valence-corrected chi connectivity index (χ3v) is 4.88. The number of aryl methyl sites for hydroxylation is 1. The van der Waals surface area contributed by atoms with Gasteiger partial charge in [0.15, 0.2) is 17.3 Å². The maximum atomic E-state index is 11.1. The summed E-state index contributed by atoms with van der Waals surface area (Å²) >= 11 is 1.38. The van der Waals surface area contributed by atoms with E-state index < -0.39 is 5.97 Å². The maximum absolute atomic E-state index is 11.1. The minimum absolute atomic E-state index is 0.174. The lowest BCUT2D eigenvalue weighted by Gasteiger charge is -2.05. The molecule has 1 aromatic carbocycles. The normalized spacial score (nSPS) is 11.1. The Morgan fingerprint density at radius 3 is 2.89 bits per heavy atom. The average Bonchev–Trinajstić information content (AvgIpc) is 3.24. The first-order valence-electron chi connectivity index (χ1n) is 8.02. The number of anilines is 1. The van der Waals surface area contributed by atoms with Gasteiger partial charge < -0.3 is 15.4 Å². The molecule has 0 aliphatic rings. The monoisotopic (exact) mass is 382 g/mol. The molecule has 0 saturated heterocycles. The molecule has 0 aliphatic heterocycles. The molecule has 0 bridgehead atoms. The summed E-state index contributed by atoms with van der Waals surface area (Å²) in [5.74, 6) is -0.232. The quantitative estimate of drug-likeness (QED) is 0.534. The van der Waals surface area contributed by atoms with Gasteiger partial charge in [0.05, 0.1) is 17.3 Å². The van der Waals surface area contributed by atoms with Crippen LogP contribution < -0.4 is 5.73 Å². The van der Waals surface area contributed by atoms with Crippen molar-refractivity contribution in [3.8, 4) is 11.5 Å². The number of rotatable bonds is 5. The number of carboxylic acid groups (broad SMARTS) is 1. The third kappa shape index (κ3) is 3.10. The summed E-state index contributed by atoms with van der Waals surface area (Å²) in [6, 6.07) is 8.62. The van der Waals surface area contributed by atoms with E-state index in [1.807, 2.05) is 23.6 Å². The Morgan fingerprint density at radius 1 is 1.33 bits per heavy atom. The minimum Gasteiger partial charge on any atom is -0.478 e. The Morgan fingerprint density at radius 2 is 2.19 bits per heavy atom. The lowest BCUT2D eigenvalue weighted by Crippen LogP contribution is -2.00. The van der Waals surface area contributed by atoms with Crippen molar-refractivity contribution in [2.45, 2.75) is 23.4 Å². The van der Waals surface area contributed by atoms with Crippen LogP contribution in [0, 0.1) is 0 Å². The zero-order valence-electron chi connectivity index (χ0n) is 14.2. The highest BCUT2D eigenvalue weighted by Gasteiger charge is 2.19. The van der Waals surface area contributed by atoms with Crippen molar-refractivity contribution < 1.29 is 14.5 Å². The topological polar surface area (TPSA) is 133 Å². The molecule has 3 N–H and O–H groups in total. The molecule has 0 amide bonds.